The van der Waals surface area contributed by atoms with Crippen LogP contribution in [0.15, 0.2) is 13.2 Å². The van der Waals surface area contributed by atoms with E-state index >= 15 is 0 Å². The van der Waals surface area contributed by atoms with Gasteiger partial charge in [-0.1, -0.05) is 19.6 Å². The Balaban J connectivity index is -0.0000000542. The van der Waals surface area contributed by atoms with Crippen LogP contribution in [0.3, 0.4) is 0 Å². The fourth-order valence-electron chi connectivity index (χ4n) is 0. The largest absolute Gasteiger partial charge is 0.400 e. The molecule has 0 amide bonds. The molecule has 0 aromatic carbocycles. The fraction of sp³-hybridized carbons (Fsp3) is 0.667. The van der Waals surface area contributed by atoms with E-state index in [-0.39, 0.29) is 8.80 Å². The van der Waals surface area contributed by atoms with Crippen molar-refractivity contribution in [2.45, 2.75) is 19.6 Å². The van der Waals surface area contributed by atoms with Crippen molar-refractivity contribution in [2.24, 2.45) is 0 Å². The molecule has 0 bridgehead atoms. The second kappa shape index (κ2) is 28.5. The van der Waals surface area contributed by atoms with Crippen LogP contribution in [-0.4, -0.2) is 21.0 Å². The van der Waals surface area contributed by atoms with Gasteiger partial charge in [-0.25, -0.2) is 0 Å². The third-order valence-electron chi connectivity index (χ3n) is 0. The van der Waals surface area contributed by atoms with E-state index in [4.69, 9.17) is 5.11 Å². The SMILES string of the molecule is C=C.CO.C[Si](C)C. The molecule has 0 aliphatic heterocycles. The van der Waals surface area contributed by atoms with Gasteiger partial charge in [-0.05, 0) is 0 Å². The first kappa shape index (κ1) is 15.7. The second-order valence-electron chi connectivity index (χ2n) is 1.50. The van der Waals surface area contributed by atoms with Gasteiger partial charge in [0.1, 0.15) is 0 Å². The maximum absolute atomic E-state index is 7.00. The molecule has 2 heteroatoms. The lowest BCUT2D eigenvalue weighted by Gasteiger charge is -1.75. The van der Waals surface area contributed by atoms with Crippen molar-refractivity contribution in [3.05, 3.63) is 13.2 Å². The quantitative estimate of drug-likeness (QED) is 0.394. The minimum Gasteiger partial charge on any atom is -0.400 e. The zero-order chi connectivity index (χ0) is 7.58. The van der Waals surface area contributed by atoms with E-state index in [2.05, 4.69) is 32.8 Å². The van der Waals surface area contributed by atoms with Crippen molar-refractivity contribution in [2.75, 3.05) is 7.11 Å². The average Bonchev–Trinajstić information content (AvgIpc) is 1.75. The van der Waals surface area contributed by atoms with Crippen molar-refractivity contribution in [3.63, 3.8) is 0 Å². The van der Waals surface area contributed by atoms with Gasteiger partial charge in [-0.15, -0.1) is 13.2 Å². The predicted octanol–water partition coefficient (Wildman–Crippen LogP) is 1.78. The Morgan fingerprint density at radius 2 is 1.00 bits per heavy atom. The molecule has 51 valence electrons. The van der Waals surface area contributed by atoms with Gasteiger partial charge in [0.2, 0.25) is 0 Å². The molecule has 0 spiro atoms. The predicted molar refractivity (Wildman–Crippen MR) is 42.7 cm³/mol. The molecular formula is C6H17OSi. The summed E-state index contributed by atoms with van der Waals surface area (Å²) in [5.74, 6) is 0. The molecular weight excluding hydrogens is 116 g/mol. The van der Waals surface area contributed by atoms with Crippen molar-refractivity contribution in [1.82, 2.24) is 0 Å². The molecule has 0 heterocycles. The molecule has 1 radical (unpaired) electrons. The molecule has 0 aromatic heterocycles. The number of hydrogen-bond acceptors (Lipinski definition) is 1. The van der Waals surface area contributed by atoms with Gasteiger partial charge in [-0.3, -0.25) is 0 Å². The third kappa shape index (κ3) is 20700. The summed E-state index contributed by atoms with van der Waals surface area (Å²) < 4.78 is 0. The number of aliphatic hydroxyl groups excluding tert-OH is 1. The maximum Gasteiger partial charge on any atom is 0.0379 e. The minimum atomic E-state index is 0.120. The van der Waals surface area contributed by atoms with Gasteiger partial charge in [0, 0.05) is 15.9 Å². The van der Waals surface area contributed by atoms with E-state index in [1.807, 2.05) is 0 Å². The molecule has 0 fully saturated rings. The van der Waals surface area contributed by atoms with E-state index in [0.29, 0.717) is 0 Å². The van der Waals surface area contributed by atoms with Gasteiger partial charge in [0.15, 0.2) is 0 Å². The third-order valence-corrected chi connectivity index (χ3v) is 0. The van der Waals surface area contributed by atoms with Crippen LogP contribution in [0.1, 0.15) is 0 Å². The fourth-order valence-corrected chi connectivity index (χ4v) is 0. The monoisotopic (exact) mass is 133 g/mol. The topological polar surface area (TPSA) is 20.2 Å². The van der Waals surface area contributed by atoms with Gasteiger partial charge in [0.25, 0.3) is 0 Å². The Hall–Kier alpha value is -0.0831. The molecule has 0 atom stereocenters. The van der Waals surface area contributed by atoms with E-state index in [1.165, 1.54) is 0 Å². The highest BCUT2D eigenvalue weighted by atomic mass is 28.3. The molecule has 0 rings (SSSR count). The highest BCUT2D eigenvalue weighted by molar-refractivity contribution is 6.54. The highest BCUT2D eigenvalue weighted by Gasteiger charge is 1.72. The maximum atomic E-state index is 7.00. The van der Waals surface area contributed by atoms with Crippen molar-refractivity contribution >= 4 is 8.80 Å². The molecule has 1 N–H and O–H groups in total. The summed E-state index contributed by atoms with van der Waals surface area (Å²) in [6.07, 6.45) is 0. The summed E-state index contributed by atoms with van der Waals surface area (Å²) in [6.45, 7) is 12.8. The zero-order valence-electron chi connectivity index (χ0n) is 6.36. The molecule has 8 heavy (non-hydrogen) atoms. The van der Waals surface area contributed by atoms with E-state index in [0.717, 1.165) is 7.11 Å². The van der Waals surface area contributed by atoms with Gasteiger partial charge >= 0.3 is 0 Å². The molecule has 1 nitrogen and oxygen atoms in total. The van der Waals surface area contributed by atoms with E-state index < -0.39 is 0 Å². The average molecular weight is 133 g/mol. The summed E-state index contributed by atoms with van der Waals surface area (Å²) in [7, 11) is 1.12. The molecule has 0 aliphatic carbocycles. The summed E-state index contributed by atoms with van der Waals surface area (Å²) in [6, 6.07) is 0. The van der Waals surface area contributed by atoms with Crippen molar-refractivity contribution in [3.8, 4) is 0 Å². The lowest BCUT2D eigenvalue weighted by molar-refractivity contribution is 0.399. The standard InChI is InChI=1S/C3H9Si.C2H4.CH4O/c1-4(2)3;2*1-2/h1-3H3;1-2H2;2H,1H3. The number of rotatable bonds is 0. The van der Waals surface area contributed by atoms with Crippen LogP contribution in [0.25, 0.3) is 0 Å². The van der Waals surface area contributed by atoms with Crippen LogP contribution < -0.4 is 0 Å². The van der Waals surface area contributed by atoms with Crippen LogP contribution in [-0.2, 0) is 0 Å². The van der Waals surface area contributed by atoms with Crippen LogP contribution in [0.2, 0.25) is 19.6 Å². The minimum absolute atomic E-state index is 0.120. The lowest BCUT2D eigenvalue weighted by atomic mass is 11.3. The molecule has 0 unspecified atom stereocenters. The van der Waals surface area contributed by atoms with E-state index in [1.54, 1.807) is 0 Å². The Bertz CT molecular complexity index is 19.7. The van der Waals surface area contributed by atoms with Crippen LogP contribution in [0.4, 0.5) is 0 Å². The van der Waals surface area contributed by atoms with Gasteiger partial charge in [0.05, 0.1) is 0 Å². The summed E-state index contributed by atoms with van der Waals surface area (Å²) >= 11 is 0. The first-order chi connectivity index (χ1) is 3.73. The smallest absolute Gasteiger partial charge is 0.0379 e. The molecule has 0 saturated carbocycles. The Labute approximate surface area is 54.7 Å². The number of aliphatic hydroxyl groups is 1. The van der Waals surface area contributed by atoms with Crippen LogP contribution in [0.5, 0.6) is 0 Å². The second-order valence-corrected chi connectivity index (χ2v) is 4.50. The van der Waals surface area contributed by atoms with Crippen molar-refractivity contribution < 1.29 is 5.11 Å². The Morgan fingerprint density at radius 1 is 1.00 bits per heavy atom. The van der Waals surface area contributed by atoms with E-state index in [9.17, 15) is 0 Å². The summed E-state index contributed by atoms with van der Waals surface area (Å²) in [5, 5.41) is 7.00. The van der Waals surface area contributed by atoms with Gasteiger partial charge in [-0.2, -0.15) is 0 Å². The first-order valence-electron chi connectivity index (χ1n) is 2.45. The molecule has 0 saturated heterocycles. The van der Waals surface area contributed by atoms with Gasteiger partial charge < -0.3 is 5.11 Å². The van der Waals surface area contributed by atoms with Crippen LogP contribution in [0, 0.1) is 0 Å². The zero-order valence-corrected chi connectivity index (χ0v) is 7.36. The highest BCUT2D eigenvalue weighted by Crippen LogP contribution is 1.68. The molecule has 0 aromatic rings. The normalized spacial score (nSPS) is 5.75. The molecule has 0 aliphatic rings. The number of hydrogen-bond donors (Lipinski definition) is 1. The first-order valence-corrected chi connectivity index (χ1v) is 5.45. The Morgan fingerprint density at radius 3 is 1.00 bits per heavy atom. The summed E-state index contributed by atoms with van der Waals surface area (Å²) in [4.78, 5) is 0. The Kier molecular flexibility index (Phi) is 55.7. The summed E-state index contributed by atoms with van der Waals surface area (Å²) in [5.41, 5.74) is 0. The lowest BCUT2D eigenvalue weighted by Crippen LogP contribution is -1.84. The van der Waals surface area contributed by atoms with Crippen LogP contribution >= 0.6 is 0 Å². The van der Waals surface area contributed by atoms with Crippen molar-refractivity contribution in [1.29, 1.82) is 0 Å².